The maximum atomic E-state index is 12.9. The highest BCUT2D eigenvalue weighted by Gasteiger charge is 2.36. The molecule has 5 rings (SSSR count). The summed E-state index contributed by atoms with van der Waals surface area (Å²) in [6, 6.07) is 10.5. The van der Waals surface area contributed by atoms with E-state index in [9.17, 15) is 9.59 Å². The third-order valence-corrected chi connectivity index (χ3v) is 4.40. The van der Waals surface area contributed by atoms with Crippen LogP contribution in [0.3, 0.4) is 0 Å². The number of ketones is 2. The first-order valence-corrected chi connectivity index (χ1v) is 7.21. The van der Waals surface area contributed by atoms with Gasteiger partial charge in [-0.25, -0.2) is 4.99 Å². The van der Waals surface area contributed by atoms with Gasteiger partial charge in [-0.15, -0.1) is 0 Å². The fourth-order valence-corrected chi connectivity index (χ4v) is 3.30. The van der Waals surface area contributed by atoms with Crippen LogP contribution in [0.4, 0.5) is 5.69 Å². The number of rotatable bonds is 0. The molecule has 3 aliphatic rings. The lowest BCUT2D eigenvalue weighted by atomic mass is 9.81. The highest BCUT2D eigenvalue weighted by Crippen LogP contribution is 2.40. The van der Waals surface area contributed by atoms with Gasteiger partial charge in [0, 0.05) is 22.3 Å². The molecule has 2 aliphatic heterocycles. The lowest BCUT2D eigenvalue weighted by molar-refractivity contribution is 0.0979. The Bertz CT molecular complexity index is 961. The van der Waals surface area contributed by atoms with E-state index in [0.29, 0.717) is 27.9 Å². The third kappa shape index (κ3) is 1.47. The summed E-state index contributed by atoms with van der Waals surface area (Å²) in [5.74, 6) is -0.289. The number of carbonyl (C=O) groups is 2. The normalized spacial score (nSPS) is 19.8. The summed E-state index contributed by atoms with van der Waals surface area (Å²) in [6.07, 6.45) is 3.07. The minimum atomic E-state index is -0.187. The zero-order chi connectivity index (χ0) is 15.6. The van der Waals surface area contributed by atoms with Gasteiger partial charge < -0.3 is 0 Å². The Morgan fingerprint density at radius 1 is 0.913 bits per heavy atom. The molecule has 0 aromatic heterocycles. The number of nitrogens with zero attached hydrogens (tertiary/aromatic N) is 3. The molecule has 0 amide bonds. The zero-order valence-corrected chi connectivity index (χ0v) is 11.9. The molecule has 0 fully saturated rings. The maximum absolute atomic E-state index is 12.9. The van der Waals surface area contributed by atoms with Crippen molar-refractivity contribution in [2.45, 2.75) is 6.17 Å². The quantitative estimate of drug-likeness (QED) is 0.689. The second-order valence-corrected chi connectivity index (χ2v) is 5.60. The van der Waals surface area contributed by atoms with Gasteiger partial charge in [-0.1, -0.05) is 30.3 Å². The first kappa shape index (κ1) is 12.3. The van der Waals surface area contributed by atoms with Crippen molar-refractivity contribution in [1.82, 2.24) is 10.3 Å². The third-order valence-electron chi connectivity index (χ3n) is 4.40. The summed E-state index contributed by atoms with van der Waals surface area (Å²) in [5.41, 5.74) is 6.05. The van der Waals surface area contributed by atoms with Crippen molar-refractivity contribution in [3.05, 3.63) is 64.2 Å². The van der Waals surface area contributed by atoms with E-state index in [4.69, 9.17) is 0 Å². The number of hydrogen-bond donors (Lipinski definition) is 1. The van der Waals surface area contributed by atoms with Crippen molar-refractivity contribution < 1.29 is 9.59 Å². The largest absolute Gasteiger partial charge is 0.295 e. The number of aliphatic imine (C=N–C) groups is 1. The number of nitrogens with one attached hydrogen (secondary N) is 1. The lowest BCUT2D eigenvalue weighted by Crippen LogP contribution is -2.31. The number of benzene rings is 2. The molecule has 6 heteroatoms. The topological polar surface area (TPSA) is 74.1 Å². The van der Waals surface area contributed by atoms with Gasteiger partial charge >= 0.3 is 0 Å². The molecule has 0 saturated carbocycles. The highest BCUT2D eigenvalue weighted by molar-refractivity contribution is 6.30. The molecule has 2 aromatic rings. The molecule has 1 unspecified atom stereocenters. The van der Waals surface area contributed by atoms with Crippen LogP contribution >= 0.6 is 0 Å². The summed E-state index contributed by atoms with van der Waals surface area (Å²) in [6.45, 7) is 0. The van der Waals surface area contributed by atoms with Gasteiger partial charge in [-0.05, 0) is 6.07 Å². The van der Waals surface area contributed by atoms with Crippen LogP contribution in [0.1, 0.15) is 43.6 Å². The first-order valence-electron chi connectivity index (χ1n) is 7.21. The SMILES string of the molecule is O=C1c2ccccc2C(=O)c2c1ccc1c2N=CN2C=NNC12. The van der Waals surface area contributed by atoms with E-state index in [1.165, 1.54) is 0 Å². The number of fused-ring (bicyclic) bond motifs is 6. The van der Waals surface area contributed by atoms with Crippen molar-refractivity contribution >= 4 is 29.9 Å². The smallest absolute Gasteiger partial charge is 0.196 e. The van der Waals surface area contributed by atoms with Crippen molar-refractivity contribution in [1.29, 1.82) is 0 Å². The minimum absolute atomic E-state index is 0.133. The Hall–Kier alpha value is -3.28. The molecule has 110 valence electrons. The van der Waals surface area contributed by atoms with Crippen LogP contribution in [0.5, 0.6) is 0 Å². The summed E-state index contributed by atoms with van der Waals surface area (Å²) in [5, 5.41) is 4.02. The van der Waals surface area contributed by atoms with Crippen LogP contribution in [-0.2, 0) is 0 Å². The summed E-state index contributed by atoms with van der Waals surface area (Å²) >= 11 is 0. The van der Waals surface area contributed by atoms with Crippen LogP contribution in [0.25, 0.3) is 0 Å². The van der Waals surface area contributed by atoms with Gasteiger partial charge in [0.2, 0.25) is 0 Å². The van der Waals surface area contributed by atoms with Crippen LogP contribution in [0, 0.1) is 0 Å². The van der Waals surface area contributed by atoms with Crippen LogP contribution in [-0.4, -0.2) is 29.1 Å². The van der Waals surface area contributed by atoms with Crippen molar-refractivity contribution in [3.63, 3.8) is 0 Å². The van der Waals surface area contributed by atoms with Crippen molar-refractivity contribution in [2.24, 2.45) is 10.1 Å². The maximum Gasteiger partial charge on any atom is 0.196 e. The molecule has 2 aromatic carbocycles. The van der Waals surface area contributed by atoms with Crippen LogP contribution in [0.2, 0.25) is 0 Å². The van der Waals surface area contributed by atoms with Crippen molar-refractivity contribution in [2.75, 3.05) is 0 Å². The average molecular weight is 302 g/mol. The fourth-order valence-electron chi connectivity index (χ4n) is 3.30. The number of hydrazone groups is 1. The van der Waals surface area contributed by atoms with E-state index in [-0.39, 0.29) is 17.7 Å². The Balaban J connectivity index is 1.78. The second-order valence-electron chi connectivity index (χ2n) is 5.60. The molecular formula is C17H10N4O2. The van der Waals surface area contributed by atoms with Gasteiger partial charge in [0.05, 0.1) is 17.6 Å². The molecule has 0 bridgehead atoms. The second kappa shape index (κ2) is 4.13. The number of carbonyl (C=O) groups excluding carboxylic acids is 2. The minimum Gasteiger partial charge on any atom is -0.295 e. The molecule has 1 N–H and O–H groups in total. The summed E-state index contributed by atoms with van der Waals surface area (Å²) in [4.78, 5) is 31.9. The standard InChI is InChI=1S/C17H10N4O2/c22-15-9-3-1-2-4-10(9)16(23)13-11(15)5-6-12-14(13)18-7-21-8-19-20-17(12)21/h1-8,17,20H. The van der Waals surface area contributed by atoms with Gasteiger partial charge in [0.25, 0.3) is 0 Å². The zero-order valence-electron chi connectivity index (χ0n) is 11.9. The molecule has 0 spiro atoms. The molecule has 6 nitrogen and oxygen atoms in total. The molecule has 2 heterocycles. The number of hydrogen-bond acceptors (Lipinski definition) is 6. The van der Waals surface area contributed by atoms with Crippen LogP contribution < -0.4 is 5.43 Å². The molecule has 1 atom stereocenters. The van der Waals surface area contributed by atoms with E-state index < -0.39 is 0 Å². The monoisotopic (exact) mass is 302 g/mol. The van der Waals surface area contributed by atoms with E-state index in [1.807, 2.05) is 11.0 Å². The van der Waals surface area contributed by atoms with E-state index in [0.717, 1.165) is 5.56 Å². The van der Waals surface area contributed by atoms with Gasteiger partial charge in [-0.3, -0.25) is 19.9 Å². The molecule has 1 aliphatic carbocycles. The lowest BCUT2D eigenvalue weighted by Gasteiger charge is -2.28. The predicted molar refractivity (Wildman–Crippen MR) is 84.1 cm³/mol. The van der Waals surface area contributed by atoms with E-state index >= 15 is 0 Å². The summed E-state index contributed by atoms with van der Waals surface area (Å²) in [7, 11) is 0. The molecule has 0 saturated heterocycles. The Kier molecular flexibility index (Phi) is 2.21. The summed E-state index contributed by atoms with van der Waals surface area (Å²) < 4.78 is 0. The van der Waals surface area contributed by atoms with E-state index in [2.05, 4.69) is 15.5 Å². The highest BCUT2D eigenvalue weighted by atomic mass is 16.1. The molecular weight excluding hydrogens is 292 g/mol. The molecule has 23 heavy (non-hydrogen) atoms. The van der Waals surface area contributed by atoms with E-state index in [1.54, 1.807) is 43.0 Å². The van der Waals surface area contributed by atoms with Crippen molar-refractivity contribution in [3.8, 4) is 0 Å². The van der Waals surface area contributed by atoms with Crippen LogP contribution in [0.15, 0.2) is 46.5 Å². The van der Waals surface area contributed by atoms with Gasteiger partial charge in [-0.2, -0.15) is 5.10 Å². The van der Waals surface area contributed by atoms with Gasteiger partial charge in [0.1, 0.15) is 12.5 Å². The Morgan fingerprint density at radius 2 is 1.70 bits per heavy atom. The molecule has 0 radical (unpaired) electrons. The Morgan fingerprint density at radius 3 is 2.52 bits per heavy atom. The Labute approximate surface area is 131 Å². The first-order chi connectivity index (χ1) is 11.3. The fraction of sp³-hybridized carbons (Fsp3) is 0.0588. The predicted octanol–water partition coefficient (Wildman–Crippen LogP) is 1.98. The average Bonchev–Trinajstić information content (AvgIpc) is 3.07. The van der Waals surface area contributed by atoms with Gasteiger partial charge in [0.15, 0.2) is 11.6 Å².